The van der Waals surface area contributed by atoms with Crippen molar-refractivity contribution in [3.8, 4) is 5.75 Å². The Hall–Kier alpha value is -2.62. The number of anilines is 1. The monoisotopic (exact) mass is 519 g/mol. The molecule has 0 unspecified atom stereocenters. The Bertz CT molecular complexity index is 927. The van der Waals surface area contributed by atoms with E-state index in [9.17, 15) is 14.4 Å². The van der Waals surface area contributed by atoms with Crippen LogP contribution in [0.5, 0.6) is 5.75 Å². The molecule has 0 aliphatic carbocycles. The molecule has 2 heterocycles. The molecule has 0 bridgehead atoms. The van der Waals surface area contributed by atoms with Crippen molar-refractivity contribution in [3.63, 3.8) is 0 Å². The number of likely N-dealkylation sites (tertiary alicyclic amines) is 1. The van der Waals surface area contributed by atoms with E-state index in [2.05, 4.69) is 22.6 Å². The highest BCUT2D eigenvalue weighted by molar-refractivity contribution is 14.1. The van der Waals surface area contributed by atoms with E-state index in [1.54, 1.807) is 34.1 Å². The average Bonchev–Trinajstić information content (AvgIpc) is 3.07. The van der Waals surface area contributed by atoms with Gasteiger partial charge in [0.25, 0.3) is 11.8 Å². The van der Waals surface area contributed by atoms with Crippen molar-refractivity contribution >= 4 is 46.1 Å². The summed E-state index contributed by atoms with van der Waals surface area (Å²) in [4.78, 5) is 42.4. The first-order chi connectivity index (χ1) is 14.5. The summed E-state index contributed by atoms with van der Waals surface area (Å²) < 4.78 is 6.69. The second-order valence-corrected chi connectivity index (χ2v) is 8.58. The maximum Gasteiger partial charge on any atom is 0.332 e. The Balaban J connectivity index is 1.30. The van der Waals surface area contributed by atoms with E-state index in [0.29, 0.717) is 37.4 Å². The van der Waals surface area contributed by atoms with Crippen LogP contribution in [-0.2, 0) is 9.59 Å². The van der Waals surface area contributed by atoms with Gasteiger partial charge in [-0.2, -0.15) is 0 Å². The topological polar surface area (TPSA) is 70.2 Å². The van der Waals surface area contributed by atoms with Crippen LogP contribution in [0.2, 0.25) is 0 Å². The zero-order valence-corrected chi connectivity index (χ0v) is 18.5. The third-order valence-corrected chi connectivity index (χ3v) is 6.16. The summed E-state index contributed by atoms with van der Waals surface area (Å²) in [5.41, 5.74) is 0.593. The van der Waals surface area contributed by atoms with Gasteiger partial charge in [-0.3, -0.25) is 9.59 Å². The number of urea groups is 1. The summed E-state index contributed by atoms with van der Waals surface area (Å²) in [7, 11) is 0. The molecule has 2 saturated heterocycles. The average molecular weight is 519 g/mol. The Morgan fingerprint density at radius 1 is 1.00 bits per heavy atom. The van der Waals surface area contributed by atoms with Gasteiger partial charge in [0.2, 0.25) is 0 Å². The second kappa shape index (κ2) is 9.03. The molecule has 0 N–H and O–H groups in total. The van der Waals surface area contributed by atoms with Gasteiger partial charge in [-0.25, -0.2) is 9.69 Å². The predicted octanol–water partition coefficient (Wildman–Crippen LogP) is 3.13. The van der Waals surface area contributed by atoms with E-state index in [1.807, 2.05) is 30.3 Å². The van der Waals surface area contributed by atoms with Gasteiger partial charge >= 0.3 is 6.03 Å². The standard InChI is InChI=1S/C22H22IN3O4/c23-16-6-8-19(9-7-16)30-15-21(28)24-12-10-17(11-13-24)25-14-20(27)26(22(25)29)18-4-2-1-3-5-18/h1-9,17H,10-15H2. The lowest BCUT2D eigenvalue weighted by molar-refractivity contribution is -0.134. The van der Waals surface area contributed by atoms with Crippen LogP contribution in [0, 0.1) is 3.57 Å². The predicted molar refractivity (Wildman–Crippen MR) is 120 cm³/mol. The number of carbonyl (C=O) groups excluding carboxylic acids is 3. The quantitative estimate of drug-likeness (QED) is 0.450. The summed E-state index contributed by atoms with van der Waals surface area (Å²) in [5, 5.41) is 0. The lowest BCUT2D eigenvalue weighted by Crippen LogP contribution is -2.49. The molecule has 0 saturated carbocycles. The number of carbonyl (C=O) groups is 3. The van der Waals surface area contributed by atoms with Crippen LogP contribution >= 0.6 is 22.6 Å². The molecule has 4 rings (SSSR count). The molecule has 0 atom stereocenters. The van der Waals surface area contributed by atoms with Crippen LogP contribution in [0.3, 0.4) is 0 Å². The second-order valence-electron chi connectivity index (χ2n) is 7.33. The minimum Gasteiger partial charge on any atom is -0.484 e. The van der Waals surface area contributed by atoms with Crippen molar-refractivity contribution in [2.45, 2.75) is 18.9 Å². The number of halogens is 1. The zero-order chi connectivity index (χ0) is 21.1. The van der Waals surface area contributed by atoms with Gasteiger partial charge in [0.05, 0.1) is 5.69 Å². The van der Waals surface area contributed by atoms with Crippen molar-refractivity contribution in [1.29, 1.82) is 0 Å². The minimum atomic E-state index is -0.280. The molecule has 8 heteroatoms. The normalized spacial score (nSPS) is 17.6. The van der Waals surface area contributed by atoms with E-state index in [-0.39, 0.29) is 37.0 Å². The highest BCUT2D eigenvalue weighted by Gasteiger charge is 2.41. The molecule has 2 aliphatic heterocycles. The molecule has 2 aliphatic rings. The summed E-state index contributed by atoms with van der Waals surface area (Å²) >= 11 is 2.22. The van der Waals surface area contributed by atoms with Crippen molar-refractivity contribution in [2.24, 2.45) is 0 Å². The van der Waals surface area contributed by atoms with Crippen LogP contribution in [0.1, 0.15) is 12.8 Å². The molecular formula is C22H22IN3O4. The third kappa shape index (κ3) is 4.43. The summed E-state index contributed by atoms with van der Waals surface area (Å²) in [5.74, 6) is 0.387. The fraction of sp³-hybridized carbons (Fsp3) is 0.318. The molecular weight excluding hydrogens is 497 g/mol. The number of ether oxygens (including phenoxy) is 1. The van der Waals surface area contributed by atoms with Gasteiger partial charge in [0.15, 0.2) is 6.61 Å². The van der Waals surface area contributed by atoms with Crippen LogP contribution in [0.25, 0.3) is 0 Å². The third-order valence-electron chi connectivity index (χ3n) is 5.44. The van der Waals surface area contributed by atoms with E-state index >= 15 is 0 Å². The van der Waals surface area contributed by atoms with Crippen LogP contribution in [-0.4, -0.2) is 59.9 Å². The molecule has 2 aromatic rings. The molecule has 4 amide bonds. The van der Waals surface area contributed by atoms with Gasteiger partial charge in [0, 0.05) is 22.7 Å². The van der Waals surface area contributed by atoms with Gasteiger partial charge in [0.1, 0.15) is 12.3 Å². The van der Waals surface area contributed by atoms with E-state index in [1.165, 1.54) is 4.90 Å². The highest BCUT2D eigenvalue weighted by Crippen LogP contribution is 2.26. The van der Waals surface area contributed by atoms with Crippen molar-refractivity contribution in [2.75, 3.05) is 31.1 Å². The molecule has 0 spiro atoms. The fourth-order valence-electron chi connectivity index (χ4n) is 3.83. The number of piperidine rings is 1. The number of nitrogens with zero attached hydrogens (tertiary/aromatic N) is 3. The summed E-state index contributed by atoms with van der Waals surface area (Å²) in [6.07, 6.45) is 1.30. The molecule has 156 valence electrons. The van der Waals surface area contributed by atoms with Gasteiger partial charge in [-0.15, -0.1) is 0 Å². The first-order valence-electron chi connectivity index (χ1n) is 9.87. The summed E-state index contributed by atoms with van der Waals surface area (Å²) in [6.45, 7) is 1.17. The molecule has 2 fully saturated rings. The molecule has 7 nitrogen and oxygen atoms in total. The van der Waals surface area contributed by atoms with Gasteiger partial charge in [-0.05, 0) is 71.8 Å². The first-order valence-corrected chi connectivity index (χ1v) is 11.0. The Morgan fingerprint density at radius 3 is 2.33 bits per heavy atom. The molecule has 0 aromatic heterocycles. The zero-order valence-electron chi connectivity index (χ0n) is 16.4. The Morgan fingerprint density at radius 2 is 1.67 bits per heavy atom. The molecule has 2 aromatic carbocycles. The number of rotatable bonds is 5. The number of para-hydroxylation sites is 1. The van der Waals surface area contributed by atoms with Crippen LogP contribution in [0.15, 0.2) is 54.6 Å². The minimum absolute atomic E-state index is 0.00578. The number of benzene rings is 2. The molecule has 0 radical (unpaired) electrons. The SMILES string of the molecule is O=C(COc1ccc(I)cc1)N1CCC(N2CC(=O)N(c3ccccc3)C2=O)CC1. The number of amides is 4. The molecule has 30 heavy (non-hydrogen) atoms. The van der Waals surface area contributed by atoms with E-state index in [4.69, 9.17) is 4.74 Å². The maximum absolute atomic E-state index is 12.8. The number of hydrogen-bond donors (Lipinski definition) is 0. The Kier molecular flexibility index (Phi) is 6.21. The maximum atomic E-state index is 12.8. The van der Waals surface area contributed by atoms with E-state index in [0.717, 1.165) is 3.57 Å². The van der Waals surface area contributed by atoms with Crippen LogP contribution < -0.4 is 9.64 Å². The summed E-state index contributed by atoms with van der Waals surface area (Å²) in [6, 6.07) is 16.2. The number of hydrogen-bond acceptors (Lipinski definition) is 4. The lowest BCUT2D eigenvalue weighted by Gasteiger charge is -2.36. The van der Waals surface area contributed by atoms with Gasteiger partial charge < -0.3 is 14.5 Å². The Labute approximate surface area is 188 Å². The fourth-order valence-corrected chi connectivity index (χ4v) is 4.19. The number of imide groups is 1. The largest absolute Gasteiger partial charge is 0.484 e. The van der Waals surface area contributed by atoms with Crippen molar-refractivity contribution in [1.82, 2.24) is 9.80 Å². The smallest absolute Gasteiger partial charge is 0.332 e. The first kappa shape index (κ1) is 20.6. The van der Waals surface area contributed by atoms with Crippen LogP contribution in [0.4, 0.5) is 10.5 Å². The van der Waals surface area contributed by atoms with Gasteiger partial charge in [-0.1, -0.05) is 18.2 Å². The highest BCUT2D eigenvalue weighted by atomic mass is 127. The van der Waals surface area contributed by atoms with Crippen molar-refractivity contribution in [3.05, 3.63) is 58.2 Å². The van der Waals surface area contributed by atoms with Crippen molar-refractivity contribution < 1.29 is 19.1 Å². The van der Waals surface area contributed by atoms with E-state index < -0.39 is 0 Å². The lowest BCUT2D eigenvalue weighted by atomic mass is 10.0.